The first-order valence-corrected chi connectivity index (χ1v) is 5.87. The quantitative estimate of drug-likeness (QED) is 0.713. The number of hydrogen-bond donors (Lipinski definition) is 3. The SMILES string of the molecule is NCC1(C(=O)NCc2cc[nH]c2)CCCC1. The first-order chi connectivity index (χ1) is 7.77. The van der Waals surface area contributed by atoms with Crippen molar-refractivity contribution in [2.45, 2.75) is 32.2 Å². The van der Waals surface area contributed by atoms with Gasteiger partial charge in [-0.2, -0.15) is 0 Å². The number of amides is 1. The van der Waals surface area contributed by atoms with E-state index in [1.807, 2.05) is 18.5 Å². The summed E-state index contributed by atoms with van der Waals surface area (Å²) in [5.41, 5.74) is 6.55. The van der Waals surface area contributed by atoms with Crippen molar-refractivity contribution in [2.24, 2.45) is 11.1 Å². The molecular formula is C12H19N3O. The van der Waals surface area contributed by atoms with Gasteiger partial charge in [0.25, 0.3) is 0 Å². The van der Waals surface area contributed by atoms with Gasteiger partial charge >= 0.3 is 0 Å². The lowest BCUT2D eigenvalue weighted by Gasteiger charge is -2.25. The minimum Gasteiger partial charge on any atom is -0.367 e. The number of nitrogens with one attached hydrogen (secondary N) is 2. The van der Waals surface area contributed by atoms with Crippen molar-refractivity contribution < 1.29 is 4.79 Å². The Labute approximate surface area is 95.6 Å². The van der Waals surface area contributed by atoms with Gasteiger partial charge in [-0.25, -0.2) is 0 Å². The Morgan fingerprint density at radius 1 is 1.50 bits per heavy atom. The maximum Gasteiger partial charge on any atom is 0.227 e. The maximum atomic E-state index is 12.1. The van der Waals surface area contributed by atoms with Gasteiger partial charge in [0.1, 0.15) is 0 Å². The second-order valence-electron chi connectivity index (χ2n) is 4.59. The van der Waals surface area contributed by atoms with Gasteiger partial charge in [-0.15, -0.1) is 0 Å². The molecule has 0 saturated heterocycles. The average molecular weight is 221 g/mol. The number of H-pyrrole nitrogens is 1. The highest BCUT2D eigenvalue weighted by molar-refractivity contribution is 5.83. The number of carbonyl (C=O) groups excluding carboxylic acids is 1. The zero-order valence-electron chi connectivity index (χ0n) is 9.46. The Morgan fingerprint density at radius 2 is 2.25 bits per heavy atom. The zero-order chi connectivity index (χ0) is 11.4. The summed E-state index contributed by atoms with van der Waals surface area (Å²) in [4.78, 5) is 15.1. The molecule has 1 amide bonds. The first kappa shape index (κ1) is 11.2. The number of aromatic nitrogens is 1. The Kier molecular flexibility index (Phi) is 3.29. The lowest BCUT2D eigenvalue weighted by Crippen LogP contribution is -2.43. The highest BCUT2D eigenvalue weighted by atomic mass is 16.2. The van der Waals surface area contributed by atoms with E-state index in [1.54, 1.807) is 0 Å². The van der Waals surface area contributed by atoms with Gasteiger partial charge in [0, 0.05) is 25.5 Å². The molecule has 1 aliphatic rings. The topological polar surface area (TPSA) is 70.9 Å². The summed E-state index contributed by atoms with van der Waals surface area (Å²) in [6.45, 7) is 1.05. The molecule has 0 spiro atoms. The van der Waals surface area contributed by atoms with E-state index >= 15 is 0 Å². The third kappa shape index (κ3) is 2.11. The van der Waals surface area contributed by atoms with Crippen LogP contribution in [0.25, 0.3) is 0 Å². The molecule has 0 atom stereocenters. The van der Waals surface area contributed by atoms with Gasteiger partial charge in [0.15, 0.2) is 0 Å². The molecule has 16 heavy (non-hydrogen) atoms. The second kappa shape index (κ2) is 4.70. The zero-order valence-corrected chi connectivity index (χ0v) is 9.46. The molecule has 88 valence electrons. The molecule has 1 aromatic heterocycles. The molecule has 1 fully saturated rings. The predicted octanol–water partition coefficient (Wildman–Crippen LogP) is 1.15. The van der Waals surface area contributed by atoms with Crippen LogP contribution in [0.5, 0.6) is 0 Å². The summed E-state index contributed by atoms with van der Waals surface area (Å²) >= 11 is 0. The first-order valence-electron chi connectivity index (χ1n) is 5.87. The molecule has 4 heteroatoms. The molecule has 0 radical (unpaired) electrons. The molecule has 2 rings (SSSR count). The van der Waals surface area contributed by atoms with Crippen LogP contribution in [0.2, 0.25) is 0 Å². The van der Waals surface area contributed by atoms with E-state index in [4.69, 9.17) is 5.73 Å². The van der Waals surface area contributed by atoms with Gasteiger partial charge in [-0.05, 0) is 24.5 Å². The van der Waals surface area contributed by atoms with Crippen molar-refractivity contribution in [3.63, 3.8) is 0 Å². The smallest absolute Gasteiger partial charge is 0.227 e. The summed E-state index contributed by atoms with van der Waals surface area (Å²) in [5, 5.41) is 2.98. The Hall–Kier alpha value is -1.29. The van der Waals surface area contributed by atoms with E-state index in [1.165, 1.54) is 0 Å². The maximum absolute atomic E-state index is 12.1. The molecule has 1 heterocycles. The minimum absolute atomic E-state index is 0.119. The molecule has 1 saturated carbocycles. The number of hydrogen-bond acceptors (Lipinski definition) is 2. The van der Waals surface area contributed by atoms with Gasteiger partial charge in [0.2, 0.25) is 5.91 Å². The van der Waals surface area contributed by atoms with Crippen LogP contribution >= 0.6 is 0 Å². The molecule has 1 aliphatic carbocycles. The molecule has 1 aromatic rings. The molecule has 0 bridgehead atoms. The highest BCUT2D eigenvalue weighted by Gasteiger charge is 2.39. The summed E-state index contributed by atoms with van der Waals surface area (Å²) in [7, 11) is 0. The van der Waals surface area contributed by atoms with Gasteiger partial charge in [0.05, 0.1) is 5.41 Å². The third-order valence-corrected chi connectivity index (χ3v) is 3.55. The van der Waals surface area contributed by atoms with Crippen LogP contribution in [0.4, 0.5) is 0 Å². The number of nitrogens with two attached hydrogens (primary N) is 1. The van der Waals surface area contributed by atoms with Crippen molar-refractivity contribution in [3.05, 3.63) is 24.0 Å². The summed E-state index contributed by atoms with van der Waals surface area (Å²) in [5.74, 6) is 0.119. The normalized spacial score (nSPS) is 18.6. The summed E-state index contributed by atoms with van der Waals surface area (Å²) in [6, 6.07) is 1.96. The van der Waals surface area contributed by atoms with Crippen molar-refractivity contribution in [2.75, 3.05) is 6.54 Å². The van der Waals surface area contributed by atoms with E-state index in [0.29, 0.717) is 13.1 Å². The lowest BCUT2D eigenvalue weighted by molar-refractivity contribution is -0.130. The minimum atomic E-state index is -0.295. The molecule has 0 aliphatic heterocycles. The van der Waals surface area contributed by atoms with Crippen LogP contribution < -0.4 is 11.1 Å². The monoisotopic (exact) mass is 221 g/mol. The molecular weight excluding hydrogens is 202 g/mol. The highest BCUT2D eigenvalue weighted by Crippen LogP contribution is 2.37. The number of rotatable bonds is 4. The van der Waals surface area contributed by atoms with E-state index in [-0.39, 0.29) is 11.3 Å². The Morgan fingerprint density at radius 3 is 2.81 bits per heavy atom. The molecule has 0 aromatic carbocycles. The molecule has 0 unspecified atom stereocenters. The van der Waals surface area contributed by atoms with Gasteiger partial charge in [-0.3, -0.25) is 4.79 Å². The van der Waals surface area contributed by atoms with Crippen LogP contribution in [0.1, 0.15) is 31.2 Å². The summed E-state index contributed by atoms with van der Waals surface area (Å²) in [6.07, 6.45) is 7.86. The van der Waals surface area contributed by atoms with Gasteiger partial charge in [-0.1, -0.05) is 12.8 Å². The van der Waals surface area contributed by atoms with Crippen molar-refractivity contribution in [3.8, 4) is 0 Å². The summed E-state index contributed by atoms with van der Waals surface area (Å²) < 4.78 is 0. The third-order valence-electron chi connectivity index (χ3n) is 3.55. The predicted molar refractivity (Wildman–Crippen MR) is 62.6 cm³/mol. The molecule has 4 N–H and O–H groups in total. The van der Waals surface area contributed by atoms with Crippen molar-refractivity contribution >= 4 is 5.91 Å². The van der Waals surface area contributed by atoms with Crippen LogP contribution in [0.3, 0.4) is 0 Å². The Bertz CT molecular complexity index is 339. The van der Waals surface area contributed by atoms with Gasteiger partial charge < -0.3 is 16.0 Å². The van der Waals surface area contributed by atoms with E-state index in [0.717, 1.165) is 31.2 Å². The van der Waals surface area contributed by atoms with Crippen molar-refractivity contribution in [1.82, 2.24) is 10.3 Å². The second-order valence-corrected chi connectivity index (χ2v) is 4.59. The largest absolute Gasteiger partial charge is 0.367 e. The number of carbonyl (C=O) groups is 1. The fraction of sp³-hybridized carbons (Fsp3) is 0.583. The van der Waals surface area contributed by atoms with Crippen LogP contribution in [0.15, 0.2) is 18.5 Å². The van der Waals surface area contributed by atoms with Crippen molar-refractivity contribution in [1.29, 1.82) is 0 Å². The average Bonchev–Trinajstić information content (AvgIpc) is 2.97. The number of aromatic amines is 1. The van der Waals surface area contributed by atoms with Crippen LogP contribution in [0, 0.1) is 5.41 Å². The van der Waals surface area contributed by atoms with E-state index < -0.39 is 0 Å². The van der Waals surface area contributed by atoms with E-state index in [9.17, 15) is 4.79 Å². The van der Waals surface area contributed by atoms with Crippen LogP contribution in [-0.4, -0.2) is 17.4 Å². The van der Waals surface area contributed by atoms with E-state index in [2.05, 4.69) is 10.3 Å². The molecule has 4 nitrogen and oxygen atoms in total. The lowest BCUT2D eigenvalue weighted by atomic mass is 9.85. The Balaban J connectivity index is 1.91. The fourth-order valence-corrected chi connectivity index (χ4v) is 2.41. The fourth-order valence-electron chi connectivity index (χ4n) is 2.41. The standard InChI is InChI=1S/C12H19N3O/c13-9-12(4-1-2-5-12)11(16)15-8-10-3-6-14-7-10/h3,6-7,14H,1-2,4-5,8-9,13H2,(H,15,16). The van der Waals surface area contributed by atoms with Crippen LogP contribution in [-0.2, 0) is 11.3 Å².